The highest BCUT2D eigenvalue weighted by molar-refractivity contribution is 14.1. The molecule has 26 heavy (non-hydrogen) atoms. The number of likely N-dealkylation sites (tertiary alicyclic amines) is 1. The van der Waals surface area contributed by atoms with Crippen LogP contribution in [-0.2, 0) is 9.53 Å². The first-order valence-electron chi connectivity index (χ1n) is 8.16. The number of rotatable bonds is 3. The van der Waals surface area contributed by atoms with Crippen LogP contribution in [0.1, 0.15) is 39.2 Å². The number of nitriles is 1. The van der Waals surface area contributed by atoms with Gasteiger partial charge in [-0.3, -0.25) is 9.69 Å². The summed E-state index contributed by atoms with van der Waals surface area (Å²) in [6.07, 6.45) is 2.71. The maximum atomic E-state index is 12.7. The van der Waals surface area contributed by atoms with E-state index in [4.69, 9.17) is 4.74 Å². The molecule has 1 saturated heterocycles. The van der Waals surface area contributed by atoms with Gasteiger partial charge in [0.2, 0.25) is 5.91 Å². The van der Waals surface area contributed by atoms with Gasteiger partial charge in [0.05, 0.1) is 13.6 Å². The summed E-state index contributed by atoms with van der Waals surface area (Å²) >= 11 is 5.24. The van der Waals surface area contributed by atoms with E-state index >= 15 is 0 Å². The number of carbonyl (C=O) groups excluding carboxylic acids is 2. The first-order valence-corrected chi connectivity index (χ1v) is 10.0. The average molecular weight is 535 g/mol. The number of ether oxygens (including phenoxy) is 1. The van der Waals surface area contributed by atoms with E-state index < -0.39 is 11.7 Å². The number of halogens is 2. The SMILES string of the molecule is CC(C)(C)OC(=O)N(CC(=O)N1CCCC1)c1ncc(Br)c(C#N)c1I. The Morgan fingerprint density at radius 3 is 2.58 bits per heavy atom. The van der Waals surface area contributed by atoms with Crippen molar-refractivity contribution < 1.29 is 14.3 Å². The molecule has 1 aromatic heterocycles. The maximum Gasteiger partial charge on any atom is 0.416 e. The lowest BCUT2D eigenvalue weighted by Gasteiger charge is -2.28. The van der Waals surface area contributed by atoms with Crippen LogP contribution in [0.4, 0.5) is 10.6 Å². The van der Waals surface area contributed by atoms with E-state index in [1.165, 1.54) is 11.1 Å². The molecule has 1 aliphatic heterocycles. The second kappa shape index (κ2) is 8.52. The second-order valence-corrected chi connectivity index (χ2v) is 8.82. The van der Waals surface area contributed by atoms with Crippen LogP contribution in [0.25, 0.3) is 0 Å². The fourth-order valence-electron chi connectivity index (χ4n) is 2.49. The van der Waals surface area contributed by atoms with E-state index in [0.29, 0.717) is 26.7 Å². The molecule has 1 aromatic rings. The van der Waals surface area contributed by atoms with Gasteiger partial charge in [-0.25, -0.2) is 9.78 Å². The summed E-state index contributed by atoms with van der Waals surface area (Å²) < 4.78 is 6.47. The van der Waals surface area contributed by atoms with Crippen molar-refractivity contribution in [1.29, 1.82) is 5.26 Å². The summed E-state index contributed by atoms with van der Waals surface area (Å²) in [5, 5.41) is 9.36. The predicted octanol–water partition coefficient (Wildman–Crippen LogP) is 3.68. The lowest BCUT2D eigenvalue weighted by molar-refractivity contribution is -0.128. The van der Waals surface area contributed by atoms with Crippen molar-refractivity contribution in [2.24, 2.45) is 0 Å². The standard InChI is InChI=1S/C17H20BrIN4O3/c1-17(2,3)26-16(25)23(10-13(24)22-6-4-5-7-22)15-14(19)11(8-20)12(18)9-21-15/h9H,4-7,10H2,1-3H3. The number of anilines is 1. The van der Waals surface area contributed by atoms with Crippen molar-refractivity contribution in [3.05, 3.63) is 19.8 Å². The Hall–Kier alpha value is -1.41. The van der Waals surface area contributed by atoms with Gasteiger partial charge in [-0.15, -0.1) is 0 Å². The number of hydrogen-bond acceptors (Lipinski definition) is 5. The monoisotopic (exact) mass is 534 g/mol. The summed E-state index contributed by atoms with van der Waals surface area (Å²) in [5.74, 6) is 0.0829. The van der Waals surface area contributed by atoms with Crippen LogP contribution in [0, 0.1) is 14.9 Å². The molecule has 0 spiro atoms. The normalized spacial score (nSPS) is 14.1. The molecule has 2 amide bonds. The second-order valence-electron chi connectivity index (χ2n) is 6.88. The van der Waals surface area contributed by atoms with Crippen molar-refractivity contribution in [2.75, 3.05) is 24.5 Å². The fourth-order valence-corrected chi connectivity index (χ4v) is 4.09. The van der Waals surface area contributed by atoms with Gasteiger partial charge in [-0.2, -0.15) is 5.26 Å². The first kappa shape index (κ1) is 20.9. The minimum Gasteiger partial charge on any atom is -0.443 e. The lowest BCUT2D eigenvalue weighted by Crippen LogP contribution is -2.45. The number of hydrogen-bond donors (Lipinski definition) is 0. The smallest absolute Gasteiger partial charge is 0.416 e. The molecule has 2 heterocycles. The van der Waals surface area contributed by atoms with E-state index in [0.717, 1.165) is 12.8 Å². The molecule has 0 radical (unpaired) electrons. The van der Waals surface area contributed by atoms with Crippen LogP contribution < -0.4 is 4.90 Å². The Bertz CT molecular complexity index is 752. The predicted molar refractivity (Wildman–Crippen MR) is 109 cm³/mol. The third-order valence-corrected chi connectivity index (χ3v) is 5.31. The summed E-state index contributed by atoms with van der Waals surface area (Å²) in [6, 6.07) is 2.09. The largest absolute Gasteiger partial charge is 0.443 e. The van der Waals surface area contributed by atoms with Crippen molar-refractivity contribution in [1.82, 2.24) is 9.88 Å². The third kappa shape index (κ3) is 5.07. The van der Waals surface area contributed by atoms with Crippen LogP contribution >= 0.6 is 38.5 Å². The van der Waals surface area contributed by atoms with Crippen molar-refractivity contribution >= 4 is 56.3 Å². The van der Waals surface area contributed by atoms with Gasteiger partial charge in [0.15, 0.2) is 5.82 Å². The van der Waals surface area contributed by atoms with E-state index in [1.54, 1.807) is 25.7 Å². The molecule has 0 saturated carbocycles. The minimum absolute atomic E-state index is 0.160. The number of nitrogens with zero attached hydrogens (tertiary/aromatic N) is 4. The van der Waals surface area contributed by atoms with Gasteiger partial charge in [0.1, 0.15) is 18.2 Å². The molecule has 7 nitrogen and oxygen atoms in total. The van der Waals surface area contributed by atoms with Gasteiger partial charge in [-0.1, -0.05) is 0 Å². The van der Waals surface area contributed by atoms with E-state index in [1.807, 2.05) is 22.6 Å². The van der Waals surface area contributed by atoms with E-state index in [-0.39, 0.29) is 18.3 Å². The molecule has 0 aliphatic carbocycles. The summed E-state index contributed by atoms with van der Waals surface area (Å²) in [4.78, 5) is 32.6. The molecule has 2 rings (SSSR count). The summed E-state index contributed by atoms with van der Waals surface area (Å²) in [5.41, 5.74) is -0.358. The summed E-state index contributed by atoms with van der Waals surface area (Å²) in [7, 11) is 0. The molecule has 0 aromatic carbocycles. The quantitative estimate of drug-likeness (QED) is 0.552. The number of pyridine rings is 1. The van der Waals surface area contributed by atoms with Crippen molar-refractivity contribution in [3.8, 4) is 6.07 Å². The molecular weight excluding hydrogens is 515 g/mol. The molecular formula is C17H20BrIN4O3. The van der Waals surface area contributed by atoms with Gasteiger partial charge in [-0.05, 0) is 72.1 Å². The topological polar surface area (TPSA) is 86.5 Å². The van der Waals surface area contributed by atoms with Crippen LogP contribution in [0.2, 0.25) is 0 Å². The molecule has 1 aliphatic rings. The molecule has 9 heteroatoms. The maximum absolute atomic E-state index is 12.7. The number of amides is 2. The Balaban J connectivity index is 2.38. The highest BCUT2D eigenvalue weighted by Crippen LogP contribution is 2.29. The highest BCUT2D eigenvalue weighted by atomic mass is 127. The minimum atomic E-state index is -0.717. The Kier molecular flexibility index (Phi) is 6.85. The molecule has 0 atom stereocenters. The Morgan fingerprint density at radius 2 is 2.04 bits per heavy atom. The van der Waals surface area contributed by atoms with Crippen LogP contribution in [0.5, 0.6) is 0 Å². The molecule has 1 fully saturated rings. The average Bonchev–Trinajstić information content (AvgIpc) is 3.06. The van der Waals surface area contributed by atoms with Gasteiger partial charge >= 0.3 is 6.09 Å². The third-order valence-electron chi connectivity index (χ3n) is 3.69. The zero-order chi connectivity index (χ0) is 19.5. The van der Waals surface area contributed by atoms with Crippen LogP contribution in [0.15, 0.2) is 10.7 Å². The van der Waals surface area contributed by atoms with E-state index in [9.17, 15) is 14.9 Å². The zero-order valence-electron chi connectivity index (χ0n) is 14.9. The first-order chi connectivity index (χ1) is 12.1. The van der Waals surface area contributed by atoms with Gasteiger partial charge in [0, 0.05) is 19.3 Å². The molecule has 140 valence electrons. The van der Waals surface area contributed by atoms with Crippen LogP contribution in [0.3, 0.4) is 0 Å². The van der Waals surface area contributed by atoms with Crippen molar-refractivity contribution in [2.45, 2.75) is 39.2 Å². The van der Waals surface area contributed by atoms with Gasteiger partial charge in [0.25, 0.3) is 0 Å². The summed E-state index contributed by atoms with van der Waals surface area (Å²) in [6.45, 7) is 6.47. The number of aromatic nitrogens is 1. The molecule has 0 bridgehead atoms. The fraction of sp³-hybridized carbons (Fsp3) is 0.529. The Morgan fingerprint density at radius 1 is 1.42 bits per heavy atom. The molecule has 0 unspecified atom stereocenters. The van der Waals surface area contributed by atoms with Gasteiger partial charge < -0.3 is 9.64 Å². The Labute approximate surface area is 175 Å². The highest BCUT2D eigenvalue weighted by Gasteiger charge is 2.31. The zero-order valence-corrected chi connectivity index (χ0v) is 18.6. The van der Waals surface area contributed by atoms with Crippen molar-refractivity contribution in [3.63, 3.8) is 0 Å². The van der Waals surface area contributed by atoms with E-state index in [2.05, 4.69) is 27.0 Å². The number of carbonyl (C=O) groups is 2. The van der Waals surface area contributed by atoms with Crippen LogP contribution in [-0.4, -0.2) is 47.1 Å². The lowest BCUT2D eigenvalue weighted by atomic mass is 10.2. The molecule has 0 N–H and O–H groups in total.